The van der Waals surface area contributed by atoms with Crippen molar-refractivity contribution in [3.8, 4) is 11.1 Å². The molecule has 0 aliphatic heterocycles. The normalized spacial score (nSPS) is 10.1. The van der Waals surface area contributed by atoms with Crippen LogP contribution >= 0.6 is 0 Å². The van der Waals surface area contributed by atoms with Crippen molar-refractivity contribution < 1.29 is 9.53 Å². The zero-order valence-corrected chi connectivity index (χ0v) is 10.4. The van der Waals surface area contributed by atoms with Crippen LogP contribution in [0.1, 0.15) is 15.9 Å². The van der Waals surface area contributed by atoms with E-state index in [0.29, 0.717) is 11.3 Å². The van der Waals surface area contributed by atoms with Crippen LogP contribution in [0.5, 0.6) is 0 Å². The third-order valence-electron chi connectivity index (χ3n) is 2.89. The van der Waals surface area contributed by atoms with Crippen molar-refractivity contribution in [3.63, 3.8) is 0 Å². The predicted octanol–water partition coefficient (Wildman–Crippen LogP) is 3.03. The standard InChI is InChI=1S/C15H15NO2/c1-10-8-13(15(17)18-2)14(16)9-12(10)11-6-4-3-5-7-11/h3-9H,16H2,1-2H3. The van der Waals surface area contributed by atoms with Crippen molar-refractivity contribution in [3.05, 3.63) is 53.6 Å². The number of rotatable bonds is 2. The number of nitrogens with two attached hydrogens (primary N) is 1. The van der Waals surface area contributed by atoms with Crippen LogP contribution in [0, 0.1) is 6.92 Å². The fourth-order valence-corrected chi connectivity index (χ4v) is 1.94. The van der Waals surface area contributed by atoms with Gasteiger partial charge in [0.05, 0.1) is 12.7 Å². The Morgan fingerprint density at radius 2 is 1.83 bits per heavy atom. The third kappa shape index (κ3) is 2.20. The Morgan fingerprint density at radius 1 is 1.17 bits per heavy atom. The molecular weight excluding hydrogens is 226 g/mol. The van der Waals surface area contributed by atoms with Crippen LogP contribution in [-0.2, 0) is 4.74 Å². The Balaban J connectivity index is 2.53. The van der Waals surface area contributed by atoms with E-state index in [-0.39, 0.29) is 0 Å². The number of anilines is 1. The van der Waals surface area contributed by atoms with E-state index < -0.39 is 5.97 Å². The molecule has 3 heteroatoms. The van der Waals surface area contributed by atoms with E-state index in [2.05, 4.69) is 0 Å². The monoisotopic (exact) mass is 241 g/mol. The molecule has 2 aromatic rings. The van der Waals surface area contributed by atoms with E-state index in [1.807, 2.05) is 43.3 Å². The molecule has 2 aromatic carbocycles. The summed E-state index contributed by atoms with van der Waals surface area (Å²) in [4.78, 5) is 11.5. The molecule has 0 unspecified atom stereocenters. The first-order chi connectivity index (χ1) is 8.63. The van der Waals surface area contributed by atoms with Gasteiger partial charge in [0.25, 0.3) is 0 Å². The lowest BCUT2D eigenvalue weighted by atomic mass is 9.97. The quantitative estimate of drug-likeness (QED) is 0.649. The second-order valence-electron chi connectivity index (χ2n) is 4.11. The molecule has 0 spiro atoms. The molecular formula is C15H15NO2. The van der Waals surface area contributed by atoms with Gasteiger partial charge in [-0.1, -0.05) is 30.3 Å². The first-order valence-corrected chi connectivity index (χ1v) is 5.67. The van der Waals surface area contributed by atoms with Gasteiger partial charge in [0.15, 0.2) is 0 Å². The van der Waals surface area contributed by atoms with Crippen LogP contribution in [-0.4, -0.2) is 13.1 Å². The maximum Gasteiger partial charge on any atom is 0.339 e. The SMILES string of the molecule is COC(=O)c1cc(C)c(-c2ccccc2)cc1N. The molecule has 0 aromatic heterocycles. The number of carbonyl (C=O) groups excluding carboxylic acids is 1. The summed E-state index contributed by atoms with van der Waals surface area (Å²) in [5.41, 5.74) is 9.86. The average molecular weight is 241 g/mol. The summed E-state index contributed by atoms with van der Waals surface area (Å²) in [6.07, 6.45) is 0. The van der Waals surface area contributed by atoms with Crippen LogP contribution in [0.3, 0.4) is 0 Å². The van der Waals surface area contributed by atoms with E-state index in [0.717, 1.165) is 16.7 Å². The van der Waals surface area contributed by atoms with E-state index in [4.69, 9.17) is 10.5 Å². The number of aryl methyl sites for hydroxylation is 1. The molecule has 0 saturated heterocycles. The number of carbonyl (C=O) groups is 1. The average Bonchev–Trinajstić information content (AvgIpc) is 2.41. The van der Waals surface area contributed by atoms with Gasteiger partial charge in [-0.3, -0.25) is 0 Å². The zero-order valence-electron chi connectivity index (χ0n) is 10.4. The second-order valence-corrected chi connectivity index (χ2v) is 4.11. The molecule has 3 nitrogen and oxygen atoms in total. The fraction of sp³-hybridized carbons (Fsp3) is 0.133. The van der Waals surface area contributed by atoms with Gasteiger partial charge in [-0.05, 0) is 35.7 Å². The molecule has 0 aliphatic rings. The highest BCUT2D eigenvalue weighted by Crippen LogP contribution is 2.28. The number of hydrogen-bond donors (Lipinski definition) is 1. The summed E-state index contributed by atoms with van der Waals surface area (Å²) in [6, 6.07) is 13.5. The molecule has 0 radical (unpaired) electrons. The van der Waals surface area contributed by atoms with Crippen molar-refractivity contribution in [1.82, 2.24) is 0 Å². The zero-order chi connectivity index (χ0) is 13.1. The largest absolute Gasteiger partial charge is 0.465 e. The number of ether oxygens (including phenoxy) is 1. The number of nitrogen functional groups attached to an aromatic ring is 1. The summed E-state index contributed by atoms with van der Waals surface area (Å²) in [7, 11) is 1.35. The van der Waals surface area contributed by atoms with Crippen LogP contribution in [0.25, 0.3) is 11.1 Å². The summed E-state index contributed by atoms with van der Waals surface area (Å²) in [6.45, 7) is 1.95. The van der Waals surface area contributed by atoms with E-state index in [1.165, 1.54) is 7.11 Å². The van der Waals surface area contributed by atoms with Crippen molar-refractivity contribution in [2.24, 2.45) is 0 Å². The van der Waals surface area contributed by atoms with Crippen LogP contribution < -0.4 is 5.73 Å². The Morgan fingerprint density at radius 3 is 2.44 bits per heavy atom. The maximum atomic E-state index is 11.5. The Labute approximate surface area is 106 Å². The number of hydrogen-bond acceptors (Lipinski definition) is 3. The molecule has 0 bridgehead atoms. The van der Waals surface area contributed by atoms with Gasteiger partial charge in [0.2, 0.25) is 0 Å². The number of methoxy groups -OCH3 is 1. The summed E-state index contributed by atoms with van der Waals surface area (Å²) in [5, 5.41) is 0. The third-order valence-corrected chi connectivity index (χ3v) is 2.89. The lowest BCUT2D eigenvalue weighted by Gasteiger charge is -2.11. The summed E-state index contributed by atoms with van der Waals surface area (Å²) >= 11 is 0. The first kappa shape index (κ1) is 12.2. The van der Waals surface area contributed by atoms with Gasteiger partial charge in [-0.2, -0.15) is 0 Å². The molecule has 18 heavy (non-hydrogen) atoms. The van der Waals surface area contributed by atoms with Crippen molar-refractivity contribution >= 4 is 11.7 Å². The maximum absolute atomic E-state index is 11.5. The van der Waals surface area contributed by atoms with Crippen LogP contribution in [0.4, 0.5) is 5.69 Å². The van der Waals surface area contributed by atoms with E-state index >= 15 is 0 Å². The summed E-state index contributed by atoms with van der Waals surface area (Å²) < 4.78 is 4.70. The molecule has 0 aliphatic carbocycles. The fourth-order valence-electron chi connectivity index (χ4n) is 1.94. The lowest BCUT2D eigenvalue weighted by Crippen LogP contribution is -2.06. The van der Waals surface area contributed by atoms with Gasteiger partial charge in [-0.15, -0.1) is 0 Å². The Bertz CT molecular complexity index is 577. The molecule has 0 heterocycles. The van der Waals surface area contributed by atoms with Crippen molar-refractivity contribution in [2.75, 3.05) is 12.8 Å². The molecule has 0 amide bonds. The molecule has 2 N–H and O–H groups in total. The number of esters is 1. The van der Waals surface area contributed by atoms with Gasteiger partial charge in [0.1, 0.15) is 0 Å². The van der Waals surface area contributed by atoms with E-state index in [1.54, 1.807) is 6.07 Å². The molecule has 92 valence electrons. The van der Waals surface area contributed by atoms with Gasteiger partial charge in [0, 0.05) is 5.69 Å². The lowest BCUT2D eigenvalue weighted by molar-refractivity contribution is 0.0602. The molecule has 2 rings (SSSR count). The predicted molar refractivity (Wildman–Crippen MR) is 72.4 cm³/mol. The molecule has 0 fully saturated rings. The number of benzene rings is 2. The van der Waals surface area contributed by atoms with Crippen LogP contribution in [0.2, 0.25) is 0 Å². The Hall–Kier alpha value is -2.29. The highest BCUT2D eigenvalue weighted by molar-refractivity contribution is 5.96. The molecule has 0 saturated carbocycles. The van der Waals surface area contributed by atoms with Crippen molar-refractivity contribution in [2.45, 2.75) is 6.92 Å². The Kier molecular flexibility index (Phi) is 3.33. The minimum absolute atomic E-state index is 0.407. The van der Waals surface area contributed by atoms with Crippen LogP contribution in [0.15, 0.2) is 42.5 Å². The second kappa shape index (κ2) is 4.92. The van der Waals surface area contributed by atoms with E-state index in [9.17, 15) is 4.79 Å². The topological polar surface area (TPSA) is 52.3 Å². The van der Waals surface area contributed by atoms with Gasteiger partial charge >= 0.3 is 5.97 Å². The highest BCUT2D eigenvalue weighted by Gasteiger charge is 2.13. The van der Waals surface area contributed by atoms with Crippen molar-refractivity contribution in [1.29, 1.82) is 0 Å². The molecule has 0 atom stereocenters. The smallest absolute Gasteiger partial charge is 0.339 e. The summed E-state index contributed by atoms with van der Waals surface area (Å²) in [5.74, 6) is -0.407. The van der Waals surface area contributed by atoms with Gasteiger partial charge in [-0.25, -0.2) is 4.79 Å². The minimum atomic E-state index is -0.407. The minimum Gasteiger partial charge on any atom is -0.465 e. The van der Waals surface area contributed by atoms with Gasteiger partial charge < -0.3 is 10.5 Å². The highest BCUT2D eigenvalue weighted by atomic mass is 16.5. The first-order valence-electron chi connectivity index (χ1n) is 5.67.